The van der Waals surface area contributed by atoms with Gasteiger partial charge >= 0.3 is 0 Å². The molecular formula is C56H49F2NO2P2+2. The molecule has 0 aliphatic heterocycles. The fourth-order valence-electron chi connectivity index (χ4n) is 8.59. The second-order valence-electron chi connectivity index (χ2n) is 15.5. The monoisotopic (exact) mass is 867 g/mol. The zero-order chi connectivity index (χ0) is 43.5. The van der Waals surface area contributed by atoms with Crippen LogP contribution < -0.4 is 41.3 Å². The number of hydrogen-bond donors (Lipinski definition) is 0. The molecule has 63 heavy (non-hydrogen) atoms. The zero-order valence-electron chi connectivity index (χ0n) is 35.3. The van der Waals surface area contributed by atoms with E-state index in [4.69, 9.17) is 9.47 Å². The third-order valence-corrected chi connectivity index (χ3v) is 20.5. The van der Waals surface area contributed by atoms with Gasteiger partial charge in [-0.2, -0.15) is 5.26 Å². The molecule has 3 nitrogen and oxygen atoms in total. The minimum absolute atomic E-state index is 0.00848. The van der Waals surface area contributed by atoms with Crippen LogP contribution in [-0.2, 0) is 12.3 Å². The van der Waals surface area contributed by atoms with Crippen LogP contribution in [0.1, 0.15) is 22.3 Å². The minimum atomic E-state index is -2.37. The van der Waals surface area contributed by atoms with Gasteiger partial charge in [0.15, 0.2) is 0 Å². The number of alkyl halides is 2. The zero-order valence-corrected chi connectivity index (χ0v) is 37.1. The Morgan fingerprint density at radius 2 is 0.857 bits per heavy atom. The van der Waals surface area contributed by atoms with Gasteiger partial charge in [0.2, 0.25) is 0 Å². The van der Waals surface area contributed by atoms with Gasteiger partial charge in [0.05, 0.1) is 24.0 Å². The first-order valence-corrected chi connectivity index (χ1v) is 25.1. The van der Waals surface area contributed by atoms with Gasteiger partial charge in [-0.1, -0.05) is 97.1 Å². The number of hydrogen-bond acceptors (Lipinski definition) is 3. The molecule has 0 bridgehead atoms. The van der Waals surface area contributed by atoms with Crippen molar-refractivity contribution in [3.63, 3.8) is 0 Å². The van der Waals surface area contributed by atoms with Crippen molar-refractivity contribution in [3.05, 3.63) is 229 Å². The van der Waals surface area contributed by atoms with Crippen LogP contribution in [0.25, 0.3) is 11.1 Å². The maximum atomic E-state index is 13.0. The number of aryl methyl sites for hydroxylation is 1. The Morgan fingerprint density at radius 3 is 1.30 bits per heavy atom. The van der Waals surface area contributed by atoms with E-state index in [1.807, 2.05) is 48.5 Å². The number of nitrogens with zero attached hydrogens (tertiary/aromatic N) is 1. The molecular weight excluding hydrogens is 819 g/mol. The number of rotatable bonds is 17. The van der Waals surface area contributed by atoms with Crippen molar-refractivity contribution in [1.29, 1.82) is 5.26 Å². The van der Waals surface area contributed by atoms with Crippen molar-refractivity contribution in [3.8, 4) is 28.7 Å². The highest BCUT2D eigenvalue weighted by molar-refractivity contribution is 7.95. The molecule has 0 fully saturated rings. The summed E-state index contributed by atoms with van der Waals surface area (Å²) >= 11 is 0. The van der Waals surface area contributed by atoms with Gasteiger partial charge in [-0.25, -0.2) is 8.78 Å². The fourth-order valence-corrected chi connectivity index (χ4v) is 17.1. The molecule has 8 rings (SSSR count). The Kier molecular flexibility index (Phi) is 13.8. The van der Waals surface area contributed by atoms with E-state index in [2.05, 4.69) is 171 Å². The summed E-state index contributed by atoms with van der Waals surface area (Å²) in [5.41, 5.74) is 6.49. The molecule has 2 atom stereocenters. The van der Waals surface area contributed by atoms with Crippen LogP contribution >= 0.6 is 14.5 Å². The Morgan fingerprint density at radius 1 is 0.444 bits per heavy atom. The Labute approximate surface area is 371 Å². The van der Waals surface area contributed by atoms with Crippen molar-refractivity contribution in [2.24, 2.45) is 0 Å². The molecule has 2 unspecified atom stereocenters. The van der Waals surface area contributed by atoms with Crippen LogP contribution in [0.15, 0.2) is 206 Å². The number of nitriles is 1. The molecule has 0 aliphatic rings. The summed E-state index contributed by atoms with van der Waals surface area (Å²) in [7, 11) is -4.65. The van der Waals surface area contributed by atoms with E-state index in [0.29, 0.717) is 23.2 Å². The Balaban J connectivity index is 1.23. The van der Waals surface area contributed by atoms with E-state index in [0.717, 1.165) is 28.2 Å². The topological polar surface area (TPSA) is 42.2 Å². The van der Waals surface area contributed by atoms with E-state index in [1.165, 1.54) is 37.6 Å². The molecule has 8 aromatic rings. The van der Waals surface area contributed by atoms with Crippen LogP contribution in [0.3, 0.4) is 0 Å². The standard InChI is InChI=1S/C56H49F2NO2P2/c1-43-11-8-9-14-48(43)42-63(52-17-6-3-7-18-52,56-33-25-50(26-34-56)61-38-36-58)54-29-21-47(22-30-54)46-19-27-53(28-20-46)62(51-15-4-2-5-16-51,41-45-13-10-12-44(39-45)40-59)55-31-23-49(24-32-55)60-37-35-57/h2-34,39H,35-38,41-42H2,1H3/q+2. The molecule has 8 aromatic carbocycles. The van der Waals surface area contributed by atoms with Gasteiger partial charge in [0.25, 0.3) is 0 Å². The fraction of sp³-hybridized carbons (Fsp3) is 0.125. The first-order chi connectivity index (χ1) is 31.0. The first kappa shape index (κ1) is 43.2. The second kappa shape index (κ2) is 20.2. The van der Waals surface area contributed by atoms with E-state index >= 15 is 0 Å². The summed E-state index contributed by atoms with van der Waals surface area (Å²) in [5.74, 6) is 1.29. The van der Waals surface area contributed by atoms with Gasteiger partial charge in [0, 0.05) is 0 Å². The highest BCUT2D eigenvalue weighted by Crippen LogP contribution is 2.60. The second-order valence-corrected chi connectivity index (χ2v) is 22.5. The van der Waals surface area contributed by atoms with Crippen molar-refractivity contribution >= 4 is 46.4 Å². The summed E-state index contributed by atoms with van der Waals surface area (Å²) in [6.07, 6.45) is 1.55. The van der Waals surface area contributed by atoms with Crippen LogP contribution in [-0.4, -0.2) is 26.6 Å². The molecule has 312 valence electrons. The minimum Gasteiger partial charge on any atom is -0.491 e. The van der Waals surface area contributed by atoms with Crippen molar-refractivity contribution < 1.29 is 18.3 Å². The lowest BCUT2D eigenvalue weighted by molar-refractivity contribution is 0.273. The summed E-state index contributed by atoms with van der Waals surface area (Å²) < 4.78 is 37.4. The number of ether oxygens (including phenoxy) is 2. The quantitative estimate of drug-likeness (QED) is 0.0857. The first-order valence-electron chi connectivity index (χ1n) is 21.2. The van der Waals surface area contributed by atoms with Crippen molar-refractivity contribution in [2.75, 3.05) is 26.6 Å². The van der Waals surface area contributed by atoms with E-state index < -0.39 is 27.9 Å². The van der Waals surface area contributed by atoms with Crippen molar-refractivity contribution in [2.45, 2.75) is 19.2 Å². The lowest BCUT2D eigenvalue weighted by Gasteiger charge is -2.29. The molecule has 7 heteroatoms. The molecule has 0 heterocycles. The molecule has 0 aliphatic carbocycles. The largest absolute Gasteiger partial charge is 0.491 e. The molecule has 0 spiro atoms. The van der Waals surface area contributed by atoms with Gasteiger partial charge in [-0.3, -0.25) is 0 Å². The molecule has 0 N–H and O–H groups in total. The molecule has 0 aromatic heterocycles. The average Bonchev–Trinajstić information content (AvgIpc) is 3.35. The van der Waals surface area contributed by atoms with Crippen LogP contribution in [0, 0.1) is 18.3 Å². The van der Waals surface area contributed by atoms with Crippen molar-refractivity contribution in [1.82, 2.24) is 0 Å². The Bertz CT molecular complexity index is 2760. The highest BCUT2D eigenvalue weighted by atomic mass is 31.2. The lowest BCUT2D eigenvalue weighted by atomic mass is 10.1. The number of benzene rings is 8. The maximum Gasteiger partial charge on any atom is 0.123 e. The van der Waals surface area contributed by atoms with Gasteiger partial charge in [-0.05, 0) is 144 Å². The maximum absolute atomic E-state index is 13.0. The summed E-state index contributed by atoms with van der Waals surface area (Å²) in [4.78, 5) is 0. The van der Waals surface area contributed by atoms with Crippen LogP contribution in [0.2, 0.25) is 0 Å². The van der Waals surface area contributed by atoms with Crippen LogP contribution in [0.4, 0.5) is 8.78 Å². The van der Waals surface area contributed by atoms with Gasteiger partial charge in [0.1, 0.15) is 84.4 Å². The van der Waals surface area contributed by atoms with E-state index in [9.17, 15) is 14.0 Å². The number of halogens is 2. The van der Waals surface area contributed by atoms with Gasteiger partial charge < -0.3 is 9.47 Å². The lowest BCUT2D eigenvalue weighted by Crippen LogP contribution is -2.33. The predicted octanol–water partition coefficient (Wildman–Crippen LogP) is 11.2. The highest BCUT2D eigenvalue weighted by Gasteiger charge is 2.47. The van der Waals surface area contributed by atoms with Gasteiger partial charge in [-0.15, -0.1) is 0 Å². The van der Waals surface area contributed by atoms with Crippen LogP contribution in [0.5, 0.6) is 11.5 Å². The predicted molar refractivity (Wildman–Crippen MR) is 262 cm³/mol. The third kappa shape index (κ3) is 9.35. The van der Waals surface area contributed by atoms with E-state index in [-0.39, 0.29) is 13.2 Å². The molecule has 0 saturated heterocycles. The average molecular weight is 868 g/mol. The summed E-state index contributed by atoms with van der Waals surface area (Å²) in [6.45, 7) is 1.13. The summed E-state index contributed by atoms with van der Waals surface area (Å²) in [5, 5.41) is 17.2. The third-order valence-electron chi connectivity index (χ3n) is 11.7. The molecule has 0 radical (unpaired) electrons. The molecule has 0 amide bonds. The SMILES string of the molecule is Cc1ccccc1C[P+](c1ccccc1)(c1ccc(OCCF)cc1)c1ccc(-c2ccc([P+](Cc3cccc(C#N)c3)(c3ccccc3)c3ccc(OCCF)cc3)cc2)cc1. The molecule has 0 saturated carbocycles. The Hall–Kier alpha value is -6.43. The van der Waals surface area contributed by atoms with E-state index in [1.54, 1.807) is 0 Å². The summed E-state index contributed by atoms with van der Waals surface area (Å²) in [6, 6.07) is 75.0. The normalized spacial score (nSPS) is 13.0. The smallest absolute Gasteiger partial charge is 0.123 e.